The molecule has 220 valence electrons. The molecule has 0 bridgehead atoms. The number of non-ortho nitro benzene ring substituents is 2. The zero-order chi connectivity index (χ0) is 30.5. The van der Waals surface area contributed by atoms with E-state index in [4.69, 9.17) is 9.47 Å². The molecule has 3 aromatic carbocycles. The van der Waals surface area contributed by atoms with Gasteiger partial charge < -0.3 is 14.4 Å². The molecule has 0 unspecified atom stereocenters. The van der Waals surface area contributed by atoms with Crippen LogP contribution < -0.4 is 0 Å². The first kappa shape index (κ1) is 29.4. The number of rotatable bonds is 9. The first-order chi connectivity index (χ1) is 20.7. The Morgan fingerprint density at radius 2 is 1.42 bits per heavy atom. The van der Waals surface area contributed by atoms with Gasteiger partial charge in [-0.05, 0) is 25.0 Å². The van der Waals surface area contributed by atoms with Crippen molar-refractivity contribution in [1.29, 1.82) is 0 Å². The van der Waals surface area contributed by atoms with Crippen LogP contribution in [-0.2, 0) is 9.47 Å². The molecule has 3 aromatic rings. The van der Waals surface area contributed by atoms with Crippen LogP contribution in [0.2, 0.25) is 0 Å². The maximum atomic E-state index is 13.4. The maximum Gasteiger partial charge on any atom is 0.343 e. The Labute approximate surface area is 248 Å². The summed E-state index contributed by atoms with van der Waals surface area (Å²) in [6, 6.07) is 17.2. The second-order valence-electron chi connectivity index (χ2n) is 9.51. The fourth-order valence-electron chi connectivity index (χ4n) is 4.90. The van der Waals surface area contributed by atoms with Gasteiger partial charge in [-0.2, -0.15) is 0 Å². The number of carbonyl (C=O) groups excluding carboxylic acids is 1. The van der Waals surface area contributed by atoms with Gasteiger partial charge in [0.15, 0.2) is 0 Å². The van der Waals surface area contributed by atoms with Crippen molar-refractivity contribution < 1.29 is 29.0 Å². The van der Waals surface area contributed by atoms with Crippen LogP contribution in [0.15, 0.2) is 93.9 Å². The third-order valence-corrected chi connectivity index (χ3v) is 8.06. The quantitative estimate of drug-likeness (QED) is 0.120. The second-order valence-corrected chi connectivity index (χ2v) is 10.6. The highest BCUT2D eigenvalue weighted by atomic mass is 32.2. The Morgan fingerprint density at radius 1 is 0.791 bits per heavy atom. The molecule has 13 nitrogen and oxygen atoms in total. The van der Waals surface area contributed by atoms with E-state index >= 15 is 0 Å². The number of nitro groups is 3. The highest BCUT2D eigenvalue weighted by Crippen LogP contribution is 2.48. The monoisotopic (exact) mass is 604 g/mol. The largest absolute Gasteiger partial charge is 0.422 e. The molecule has 0 amide bonds. The van der Waals surface area contributed by atoms with Crippen molar-refractivity contribution >= 4 is 40.6 Å². The Morgan fingerprint density at radius 3 is 2.07 bits per heavy atom. The lowest BCUT2D eigenvalue weighted by atomic mass is 10.0. The number of hydrogen-bond donors (Lipinski definition) is 0. The molecule has 0 aromatic heterocycles. The molecule has 0 N–H and O–H groups in total. The van der Waals surface area contributed by atoms with Gasteiger partial charge in [0.25, 0.3) is 17.1 Å². The lowest BCUT2D eigenvalue weighted by Gasteiger charge is -2.32. The van der Waals surface area contributed by atoms with Crippen molar-refractivity contribution in [2.45, 2.75) is 17.7 Å². The van der Waals surface area contributed by atoms with Crippen molar-refractivity contribution in [2.75, 3.05) is 26.3 Å². The summed E-state index contributed by atoms with van der Waals surface area (Å²) in [6.07, 6.45) is 0.835. The van der Waals surface area contributed by atoms with Gasteiger partial charge in [-0.15, -0.1) is 0 Å². The van der Waals surface area contributed by atoms with Crippen molar-refractivity contribution in [2.24, 2.45) is 0 Å². The Bertz CT molecular complexity index is 1680. The number of ether oxygens (including phenoxy) is 2. The lowest BCUT2D eigenvalue weighted by molar-refractivity contribution is -0.387. The Kier molecular flexibility index (Phi) is 8.78. The number of nitro benzene ring substituents is 3. The van der Waals surface area contributed by atoms with E-state index in [1.165, 1.54) is 54.2 Å². The zero-order valence-corrected chi connectivity index (χ0v) is 23.4. The first-order valence-corrected chi connectivity index (χ1v) is 14.0. The van der Waals surface area contributed by atoms with E-state index in [1.54, 1.807) is 24.3 Å². The van der Waals surface area contributed by atoms with E-state index in [0.29, 0.717) is 55.3 Å². The number of benzene rings is 3. The molecule has 43 heavy (non-hydrogen) atoms. The summed E-state index contributed by atoms with van der Waals surface area (Å²) in [6.45, 7) is 1.86. The minimum atomic E-state index is -0.876. The highest BCUT2D eigenvalue weighted by molar-refractivity contribution is 8.03. The molecular weight excluding hydrogens is 580 g/mol. The third kappa shape index (κ3) is 6.55. The maximum absolute atomic E-state index is 13.4. The number of hydrogen-bond acceptors (Lipinski definition) is 11. The minimum absolute atomic E-state index is 0.0465. The van der Waals surface area contributed by atoms with E-state index in [0.717, 1.165) is 11.0 Å². The Balaban J connectivity index is 1.67. The van der Waals surface area contributed by atoms with E-state index in [1.807, 2.05) is 0 Å². The van der Waals surface area contributed by atoms with Crippen LogP contribution in [0.1, 0.15) is 28.8 Å². The number of morpholine rings is 1. The summed E-state index contributed by atoms with van der Waals surface area (Å²) in [5, 5.41) is 34.7. The summed E-state index contributed by atoms with van der Waals surface area (Å²) in [5.74, 6) is -0.807. The topological polar surface area (TPSA) is 168 Å². The summed E-state index contributed by atoms with van der Waals surface area (Å²) in [5.41, 5.74) is 0.938. The molecule has 5 rings (SSSR count). The standard InChI is InChI=1S/C29H24N4O9S/c34-29(20-6-4-8-22(18-20)32(37)38)42-28(19-5-3-7-21(17-19)31(35)36)23-11-12-26(27(23)30-13-15-41-16-14-30)43-25-10-2-1-9-24(25)33(39)40/h1-10,17-18H,11-16H2/b28-23+. The van der Waals surface area contributed by atoms with Gasteiger partial charge in [-0.3, -0.25) is 30.3 Å². The molecule has 0 saturated carbocycles. The van der Waals surface area contributed by atoms with Crippen LogP contribution >= 0.6 is 11.8 Å². The molecule has 14 heteroatoms. The van der Waals surface area contributed by atoms with Crippen LogP contribution in [0.25, 0.3) is 5.76 Å². The van der Waals surface area contributed by atoms with Crippen LogP contribution in [0.4, 0.5) is 17.1 Å². The molecule has 0 radical (unpaired) electrons. The third-order valence-electron chi connectivity index (χ3n) is 6.86. The average Bonchev–Trinajstić information content (AvgIpc) is 3.43. The number of para-hydroxylation sites is 1. The van der Waals surface area contributed by atoms with Gasteiger partial charge in [0.05, 0.1) is 44.1 Å². The lowest BCUT2D eigenvalue weighted by Crippen LogP contribution is -2.36. The molecule has 0 spiro atoms. The molecule has 1 saturated heterocycles. The van der Waals surface area contributed by atoms with E-state index in [9.17, 15) is 35.1 Å². The number of nitrogens with zero attached hydrogens (tertiary/aromatic N) is 4. The molecule has 2 aliphatic rings. The van der Waals surface area contributed by atoms with Crippen molar-refractivity contribution in [3.63, 3.8) is 0 Å². The van der Waals surface area contributed by atoms with Gasteiger partial charge in [0.1, 0.15) is 5.76 Å². The minimum Gasteiger partial charge on any atom is -0.422 e. The molecular formula is C29H24N4O9S. The van der Waals surface area contributed by atoms with Gasteiger partial charge in [0, 0.05) is 59.5 Å². The summed E-state index contributed by atoms with van der Waals surface area (Å²) in [7, 11) is 0. The SMILES string of the molecule is O=C(O/C(=C1\CCC(Sc2ccccc2[N+](=O)[O-])=C1N1CCOCC1)c1cccc([N+](=O)[O-])c1)c1cccc([N+](=O)[O-])c1. The number of esters is 1. The predicted octanol–water partition coefficient (Wildman–Crippen LogP) is 6.11. The normalized spacial score (nSPS) is 16.1. The van der Waals surface area contributed by atoms with Gasteiger partial charge in [-0.25, -0.2) is 4.79 Å². The second kappa shape index (κ2) is 12.8. The summed E-state index contributed by atoms with van der Waals surface area (Å²) in [4.78, 5) is 49.8. The van der Waals surface area contributed by atoms with E-state index in [-0.39, 0.29) is 33.9 Å². The molecule has 0 atom stereocenters. The fraction of sp³-hybridized carbons (Fsp3) is 0.207. The van der Waals surface area contributed by atoms with Gasteiger partial charge in [0.2, 0.25) is 0 Å². The predicted molar refractivity (Wildman–Crippen MR) is 156 cm³/mol. The highest BCUT2D eigenvalue weighted by Gasteiger charge is 2.33. The molecule has 1 aliphatic carbocycles. The van der Waals surface area contributed by atoms with Crippen LogP contribution in [-0.4, -0.2) is 51.9 Å². The first-order valence-electron chi connectivity index (χ1n) is 13.1. The average molecular weight is 605 g/mol. The Hall–Kier alpha value is -5.08. The zero-order valence-electron chi connectivity index (χ0n) is 22.5. The van der Waals surface area contributed by atoms with Crippen molar-refractivity contribution in [3.8, 4) is 0 Å². The molecule has 1 fully saturated rings. The van der Waals surface area contributed by atoms with Crippen molar-refractivity contribution in [3.05, 3.63) is 130 Å². The van der Waals surface area contributed by atoms with E-state index in [2.05, 4.69) is 4.90 Å². The molecule has 1 heterocycles. The van der Waals surface area contributed by atoms with Crippen LogP contribution in [0.3, 0.4) is 0 Å². The molecule has 1 aliphatic heterocycles. The number of allylic oxidation sites excluding steroid dienone is 2. The van der Waals surface area contributed by atoms with Crippen molar-refractivity contribution in [1.82, 2.24) is 4.90 Å². The van der Waals surface area contributed by atoms with Gasteiger partial charge in [-0.1, -0.05) is 42.1 Å². The number of thioether (sulfide) groups is 1. The number of carbonyl (C=O) groups is 1. The fourth-order valence-corrected chi connectivity index (χ4v) is 6.11. The van der Waals surface area contributed by atoms with Gasteiger partial charge >= 0.3 is 5.97 Å². The van der Waals surface area contributed by atoms with Crippen LogP contribution in [0, 0.1) is 30.3 Å². The van der Waals surface area contributed by atoms with Crippen LogP contribution in [0.5, 0.6) is 0 Å². The smallest absolute Gasteiger partial charge is 0.343 e. The van der Waals surface area contributed by atoms with E-state index < -0.39 is 20.7 Å². The summed E-state index contributed by atoms with van der Waals surface area (Å²) >= 11 is 1.25. The summed E-state index contributed by atoms with van der Waals surface area (Å²) < 4.78 is 11.5.